The van der Waals surface area contributed by atoms with Gasteiger partial charge in [0.25, 0.3) is 0 Å². The van der Waals surface area contributed by atoms with E-state index in [1.807, 2.05) is 41.8 Å². The van der Waals surface area contributed by atoms with Crippen molar-refractivity contribution >= 4 is 22.9 Å². The number of aromatic nitrogens is 2. The highest BCUT2D eigenvalue weighted by Gasteiger charge is 2.29. The SMILES string of the molecule is O=C(Nc1cccc(-c2csc(-c3ccncc3)n2)c1)C1CC1. The zero-order valence-electron chi connectivity index (χ0n) is 12.4. The molecule has 0 bridgehead atoms. The summed E-state index contributed by atoms with van der Waals surface area (Å²) < 4.78 is 0. The summed E-state index contributed by atoms with van der Waals surface area (Å²) in [6.07, 6.45) is 5.55. The van der Waals surface area contributed by atoms with Gasteiger partial charge in [0.15, 0.2) is 0 Å². The third kappa shape index (κ3) is 3.14. The van der Waals surface area contributed by atoms with Crippen molar-refractivity contribution in [3.63, 3.8) is 0 Å². The van der Waals surface area contributed by atoms with Gasteiger partial charge in [-0.15, -0.1) is 11.3 Å². The Morgan fingerprint density at radius 2 is 1.96 bits per heavy atom. The van der Waals surface area contributed by atoms with Gasteiger partial charge in [-0.3, -0.25) is 9.78 Å². The number of carbonyl (C=O) groups is 1. The molecule has 3 aromatic rings. The largest absolute Gasteiger partial charge is 0.326 e. The number of hydrogen-bond donors (Lipinski definition) is 1. The van der Waals surface area contributed by atoms with Gasteiger partial charge >= 0.3 is 0 Å². The number of rotatable bonds is 4. The summed E-state index contributed by atoms with van der Waals surface area (Å²) >= 11 is 1.61. The van der Waals surface area contributed by atoms with Gasteiger partial charge in [0.05, 0.1) is 5.69 Å². The minimum absolute atomic E-state index is 0.123. The second-order valence-corrected chi connectivity index (χ2v) is 6.48. The van der Waals surface area contributed by atoms with E-state index in [9.17, 15) is 4.79 Å². The summed E-state index contributed by atoms with van der Waals surface area (Å²) in [5.74, 6) is 0.328. The molecule has 0 spiro atoms. The van der Waals surface area contributed by atoms with Crippen LogP contribution in [0.3, 0.4) is 0 Å². The molecule has 2 heterocycles. The highest BCUT2D eigenvalue weighted by molar-refractivity contribution is 7.13. The van der Waals surface area contributed by atoms with Crippen LogP contribution in [0.4, 0.5) is 5.69 Å². The van der Waals surface area contributed by atoms with Crippen molar-refractivity contribution < 1.29 is 4.79 Å². The summed E-state index contributed by atoms with van der Waals surface area (Å²) in [6, 6.07) is 11.8. The average molecular weight is 321 g/mol. The Morgan fingerprint density at radius 1 is 1.13 bits per heavy atom. The van der Waals surface area contributed by atoms with E-state index in [2.05, 4.69) is 10.3 Å². The predicted molar refractivity (Wildman–Crippen MR) is 92.1 cm³/mol. The fourth-order valence-electron chi connectivity index (χ4n) is 2.38. The Morgan fingerprint density at radius 3 is 2.74 bits per heavy atom. The summed E-state index contributed by atoms with van der Waals surface area (Å²) in [5, 5.41) is 5.99. The molecule has 2 aromatic heterocycles. The van der Waals surface area contributed by atoms with Crippen LogP contribution in [0.25, 0.3) is 21.8 Å². The molecule has 1 aromatic carbocycles. The predicted octanol–water partition coefficient (Wildman–Crippen LogP) is 4.22. The van der Waals surface area contributed by atoms with Crippen LogP contribution in [-0.4, -0.2) is 15.9 Å². The molecular weight excluding hydrogens is 306 g/mol. The van der Waals surface area contributed by atoms with E-state index < -0.39 is 0 Å². The molecule has 0 aliphatic heterocycles. The maximum absolute atomic E-state index is 11.9. The lowest BCUT2D eigenvalue weighted by molar-refractivity contribution is -0.117. The normalized spacial score (nSPS) is 13.7. The van der Waals surface area contributed by atoms with E-state index in [1.54, 1.807) is 23.7 Å². The maximum atomic E-state index is 11.9. The van der Waals surface area contributed by atoms with E-state index in [1.165, 1.54) is 0 Å². The average Bonchev–Trinajstić information content (AvgIpc) is 3.33. The molecular formula is C18H15N3OS. The second kappa shape index (κ2) is 5.93. The molecule has 23 heavy (non-hydrogen) atoms. The van der Waals surface area contributed by atoms with Crippen LogP contribution in [0.15, 0.2) is 54.2 Å². The zero-order valence-corrected chi connectivity index (χ0v) is 13.2. The van der Waals surface area contributed by atoms with E-state index >= 15 is 0 Å². The molecule has 1 fully saturated rings. The van der Waals surface area contributed by atoms with Crippen molar-refractivity contribution in [1.82, 2.24) is 9.97 Å². The van der Waals surface area contributed by atoms with Crippen molar-refractivity contribution in [2.45, 2.75) is 12.8 Å². The highest BCUT2D eigenvalue weighted by atomic mass is 32.1. The molecule has 114 valence electrons. The molecule has 1 saturated carbocycles. The van der Waals surface area contributed by atoms with E-state index in [0.29, 0.717) is 0 Å². The number of nitrogens with one attached hydrogen (secondary N) is 1. The van der Waals surface area contributed by atoms with Crippen LogP contribution in [-0.2, 0) is 4.79 Å². The van der Waals surface area contributed by atoms with Gasteiger partial charge in [-0.1, -0.05) is 12.1 Å². The summed E-state index contributed by atoms with van der Waals surface area (Å²) in [7, 11) is 0. The molecule has 4 rings (SSSR count). The lowest BCUT2D eigenvalue weighted by atomic mass is 10.1. The van der Waals surface area contributed by atoms with Crippen molar-refractivity contribution in [1.29, 1.82) is 0 Å². The third-order valence-corrected chi connectivity index (χ3v) is 4.70. The van der Waals surface area contributed by atoms with Crippen LogP contribution in [0.2, 0.25) is 0 Å². The lowest BCUT2D eigenvalue weighted by Crippen LogP contribution is -2.13. The molecule has 0 atom stereocenters. The Balaban J connectivity index is 1.58. The number of carbonyl (C=O) groups excluding carboxylic acids is 1. The Hall–Kier alpha value is -2.53. The molecule has 1 aliphatic rings. The van der Waals surface area contributed by atoms with E-state index in [-0.39, 0.29) is 11.8 Å². The van der Waals surface area contributed by atoms with Crippen LogP contribution in [0, 0.1) is 5.92 Å². The van der Waals surface area contributed by atoms with Gasteiger partial charge in [0.1, 0.15) is 5.01 Å². The number of nitrogens with zero attached hydrogens (tertiary/aromatic N) is 2. The van der Waals surface area contributed by atoms with Gasteiger partial charge in [-0.05, 0) is 37.1 Å². The summed E-state index contributed by atoms with van der Waals surface area (Å²) in [4.78, 5) is 20.6. The summed E-state index contributed by atoms with van der Waals surface area (Å²) in [6.45, 7) is 0. The molecule has 1 aliphatic carbocycles. The molecule has 4 nitrogen and oxygen atoms in total. The number of thiazole rings is 1. The van der Waals surface area contributed by atoms with Crippen molar-refractivity contribution in [3.8, 4) is 21.8 Å². The quantitative estimate of drug-likeness (QED) is 0.782. The van der Waals surface area contributed by atoms with Crippen LogP contribution in [0.1, 0.15) is 12.8 Å². The van der Waals surface area contributed by atoms with Crippen LogP contribution in [0.5, 0.6) is 0 Å². The van der Waals surface area contributed by atoms with E-state index in [4.69, 9.17) is 4.98 Å². The fourth-order valence-corrected chi connectivity index (χ4v) is 3.21. The minimum Gasteiger partial charge on any atom is -0.326 e. The maximum Gasteiger partial charge on any atom is 0.227 e. The summed E-state index contributed by atoms with van der Waals surface area (Å²) in [5.41, 5.74) is 3.83. The fraction of sp³-hybridized carbons (Fsp3) is 0.167. The molecule has 1 N–H and O–H groups in total. The van der Waals surface area contributed by atoms with E-state index in [0.717, 1.165) is 40.4 Å². The zero-order chi connectivity index (χ0) is 15.6. The van der Waals surface area contributed by atoms with Gasteiger partial charge in [-0.2, -0.15) is 0 Å². The molecule has 0 unspecified atom stereocenters. The topological polar surface area (TPSA) is 54.9 Å². The van der Waals surface area contributed by atoms with Crippen molar-refractivity contribution in [2.24, 2.45) is 5.92 Å². The number of hydrogen-bond acceptors (Lipinski definition) is 4. The molecule has 0 radical (unpaired) electrons. The van der Waals surface area contributed by atoms with Crippen LogP contribution >= 0.6 is 11.3 Å². The van der Waals surface area contributed by atoms with Gasteiger partial charge < -0.3 is 5.32 Å². The van der Waals surface area contributed by atoms with Gasteiger partial charge in [0, 0.05) is 40.5 Å². The Bertz CT molecular complexity index is 840. The first-order valence-electron chi connectivity index (χ1n) is 7.57. The first-order chi connectivity index (χ1) is 11.3. The number of pyridine rings is 1. The van der Waals surface area contributed by atoms with Crippen molar-refractivity contribution in [2.75, 3.05) is 5.32 Å². The van der Waals surface area contributed by atoms with Crippen LogP contribution < -0.4 is 5.32 Å². The second-order valence-electron chi connectivity index (χ2n) is 5.62. The Labute approximate surface area is 138 Å². The Kier molecular flexibility index (Phi) is 3.63. The smallest absolute Gasteiger partial charge is 0.227 e. The molecule has 1 amide bonds. The van der Waals surface area contributed by atoms with Gasteiger partial charge in [-0.25, -0.2) is 4.98 Å². The molecule has 5 heteroatoms. The monoisotopic (exact) mass is 321 g/mol. The minimum atomic E-state index is 0.123. The lowest BCUT2D eigenvalue weighted by Gasteiger charge is -2.05. The van der Waals surface area contributed by atoms with Gasteiger partial charge in [0.2, 0.25) is 5.91 Å². The van der Waals surface area contributed by atoms with Crippen molar-refractivity contribution in [3.05, 3.63) is 54.2 Å². The third-order valence-electron chi connectivity index (χ3n) is 3.81. The number of amides is 1. The first-order valence-corrected chi connectivity index (χ1v) is 8.45. The number of benzene rings is 1. The molecule has 0 saturated heterocycles. The number of anilines is 1. The highest BCUT2D eigenvalue weighted by Crippen LogP contribution is 2.32. The first kappa shape index (κ1) is 14.1. The standard InChI is InChI=1S/C18H15N3OS/c22-17(12-4-5-12)20-15-3-1-2-14(10-15)16-11-23-18(21-16)13-6-8-19-9-7-13/h1-3,6-12H,4-5H2,(H,20,22).